The summed E-state index contributed by atoms with van der Waals surface area (Å²) in [6, 6.07) is 8.43. The van der Waals surface area contributed by atoms with E-state index in [0.717, 1.165) is 17.5 Å². The molecule has 7 nitrogen and oxygen atoms in total. The molecule has 0 radical (unpaired) electrons. The Morgan fingerprint density at radius 1 is 1.09 bits per heavy atom. The molecule has 0 saturated carbocycles. The summed E-state index contributed by atoms with van der Waals surface area (Å²) < 4.78 is 11.7. The van der Waals surface area contributed by atoms with Gasteiger partial charge in [-0.1, -0.05) is 44.0 Å². The van der Waals surface area contributed by atoms with Crippen molar-refractivity contribution in [2.45, 2.75) is 45.1 Å². The molecular weight excluding hydrogens is 422 g/mol. The number of carbonyl (C=O) groups excluding carboxylic acids is 1. The van der Waals surface area contributed by atoms with E-state index in [9.17, 15) is 20.1 Å². The van der Waals surface area contributed by atoms with Crippen molar-refractivity contribution in [1.82, 2.24) is 4.98 Å². The molecule has 2 atom stereocenters. The largest absolute Gasteiger partial charge is 0.670 e. The molecule has 0 amide bonds. The molecular formula is C26H29NO6. The fourth-order valence-electron chi connectivity index (χ4n) is 4.43. The smallest absolute Gasteiger partial charge is 0.335 e. The van der Waals surface area contributed by atoms with Crippen LogP contribution in [0.2, 0.25) is 0 Å². The number of aromatic nitrogens is 1. The number of rotatable bonds is 7. The molecule has 4 rings (SSSR count). The van der Waals surface area contributed by atoms with Crippen molar-refractivity contribution < 1.29 is 29.6 Å². The number of methoxy groups -OCH3 is 1. The van der Waals surface area contributed by atoms with Crippen molar-refractivity contribution in [2.75, 3.05) is 7.11 Å². The summed E-state index contributed by atoms with van der Waals surface area (Å²) in [6.07, 6.45) is 4.58. The van der Waals surface area contributed by atoms with Gasteiger partial charge in [-0.2, -0.15) is 12.4 Å². The van der Waals surface area contributed by atoms with E-state index in [2.05, 4.69) is 18.8 Å². The number of hydrogen-bond acceptors (Lipinski definition) is 5. The minimum Gasteiger partial charge on any atom is -0.670 e. The Labute approximate surface area is 192 Å². The van der Waals surface area contributed by atoms with E-state index in [0.29, 0.717) is 17.9 Å². The van der Waals surface area contributed by atoms with Crippen molar-refractivity contribution in [2.24, 2.45) is 5.92 Å². The van der Waals surface area contributed by atoms with Crippen LogP contribution in [-0.2, 0) is 0 Å². The first-order valence-corrected chi connectivity index (χ1v) is 11.0. The Kier molecular flexibility index (Phi) is 6.22. The predicted octanol–water partition coefficient (Wildman–Crippen LogP) is 4.75. The number of phenols is 3. The zero-order chi connectivity index (χ0) is 23.7. The van der Waals surface area contributed by atoms with Crippen LogP contribution in [0.25, 0.3) is 0 Å². The minimum absolute atomic E-state index is 0.0605. The molecule has 4 N–H and O–H groups in total. The molecule has 174 valence electrons. The van der Waals surface area contributed by atoms with Gasteiger partial charge in [-0.25, -0.2) is 0 Å². The van der Waals surface area contributed by atoms with Gasteiger partial charge in [0.2, 0.25) is 5.75 Å². The third kappa shape index (κ3) is 4.23. The zero-order valence-electron chi connectivity index (χ0n) is 18.9. The van der Waals surface area contributed by atoms with E-state index in [1.165, 1.54) is 7.11 Å². The van der Waals surface area contributed by atoms with Crippen LogP contribution in [0, 0.1) is 5.92 Å². The van der Waals surface area contributed by atoms with Crippen LogP contribution in [0.4, 0.5) is 0 Å². The molecule has 33 heavy (non-hydrogen) atoms. The topological polar surface area (TPSA) is 115 Å². The van der Waals surface area contributed by atoms with Gasteiger partial charge in [-0.05, 0) is 30.0 Å². The Bertz CT molecular complexity index is 1130. The van der Waals surface area contributed by atoms with Crippen molar-refractivity contribution in [3.63, 3.8) is 0 Å². The number of fused-ring (bicyclic) bond motifs is 1. The molecule has 1 aliphatic heterocycles. The summed E-state index contributed by atoms with van der Waals surface area (Å²) >= 11 is 0. The number of benzene rings is 2. The molecule has 3 aromatic rings. The monoisotopic (exact) mass is 451 g/mol. The lowest BCUT2D eigenvalue weighted by molar-refractivity contribution is 0.196. The van der Waals surface area contributed by atoms with Gasteiger partial charge in [-0.3, -0.25) is 4.79 Å². The van der Waals surface area contributed by atoms with E-state index in [-0.39, 0.29) is 52.4 Å². The molecule has 0 fully saturated rings. The first-order valence-electron chi connectivity index (χ1n) is 11.0. The van der Waals surface area contributed by atoms with E-state index in [4.69, 9.17) is 9.47 Å². The molecule has 1 aromatic heterocycles. The number of nitrogens with zero attached hydrogens (tertiary/aromatic N) is 1. The summed E-state index contributed by atoms with van der Waals surface area (Å²) in [5, 5.41) is 31.7. The average Bonchev–Trinajstić information content (AvgIpc) is 3.30. The van der Waals surface area contributed by atoms with E-state index in [1.54, 1.807) is 36.7 Å². The number of phenolic OH excluding ortho intramolecular Hbond substituents is 3. The van der Waals surface area contributed by atoms with Gasteiger partial charge in [0.15, 0.2) is 17.1 Å². The maximum Gasteiger partial charge on any atom is 0.335 e. The van der Waals surface area contributed by atoms with Crippen molar-refractivity contribution in [3.8, 4) is 28.7 Å². The summed E-state index contributed by atoms with van der Waals surface area (Å²) in [7, 11) is 1.36. The third-order valence-electron chi connectivity index (χ3n) is 6.15. The highest BCUT2D eigenvalue weighted by molar-refractivity contribution is 6.05. The van der Waals surface area contributed by atoms with Gasteiger partial charge in [0.1, 0.15) is 24.0 Å². The van der Waals surface area contributed by atoms with Crippen LogP contribution < -0.4 is 14.5 Å². The number of aromatic hydroxyl groups is 3. The zero-order valence-corrected chi connectivity index (χ0v) is 18.9. The van der Waals surface area contributed by atoms with Crippen LogP contribution >= 0.6 is 0 Å². The van der Waals surface area contributed by atoms with Crippen LogP contribution in [0.5, 0.6) is 28.7 Å². The molecule has 7 heteroatoms. The number of hydrogen-bond donors (Lipinski definition) is 3. The van der Waals surface area contributed by atoms with E-state index < -0.39 is 6.10 Å². The van der Waals surface area contributed by atoms with Gasteiger partial charge in [0.25, 0.3) is 0 Å². The predicted molar refractivity (Wildman–Crippen MR) is 124 cm³/mol. The third-order valence-corrected chi connectivity index (χ3v) is 6.15. The first kappa shape index (κ1) is 22.6. The second kappa shape index (κ2) is 9.10. The highest BCUT2D eigenvalue weighted by atomic mass is 16.5. The normalized spacial score (nSPS) is 16.4. The van der Waals surface area contributed by atoms with Gasteiger partial charge in [-0.15, -0.1) is 0 Å². The summed E-state index contributed by atoms with van der Waals surface area (Å²) in [4.78, 5) is 15.2. The van der Waals surface area contributed by atoms with Crippen LogP contribution in [0.15, 0.2) is 42.7 Å². The number of ether oxygens (including phenoxy) is 2. The number of ketones is 1. The van der Waals surface area contributed by atoms with Crippen molar-refractivity contribution in [1.29, 1.82) is 0 Å². The fraction of sp³-hybridized carbons (Fsp3) is 0.346. The molecule has 1 aliphatic rings. The second-order valence-electron chi connectivity index (χ2n) is 8.81. The lowest BCUT2D eigenvalue weighted by Crippen LogP contribution is -2.23. The highest BCUT2D eigenvalue weighted by Crippen LogP contribution is 2.55. The minimum atomic E-state index is -0.562. The van der Waals surface area contributed by atoms with E-state index in [1.807, 2.05) is 6.07 Å². The molecule has 0 spiro atoms. The molecule has 2 unspecified atom stereocenters. The summed E-state index contributed by atoms with van der Waals surface area (Å²) in [6.45, 7) is 4.26. The van der Waals surface area contributed by atoms with Crippen molar-refractivity contribution >= 4 is 5.78 Å². The maximum absolute atomic E-state index is 11.2. The maximum atomic E-state index is 11.2. The first-order chi connectivity index (χ1) is 15.8. The molecule has 0 bridgehead atoms. The highest BCUT2D eigenvalue weighted by Gasteiger charge is 2.41. The Morgan fingerprint density at radius 2 is 1.82 bits per heavy atom. The SMILES string of the molecule is COc1c(O)c2c(c(C(CCC(C)C)c3cc[n-]c3)c1O)OC(c1ccc(O)cc1)CC2=[OH+]. The van der Waals surface area contributed by atoms with Gasteiger partial charge < -0.3 is 29.8 Å². The summed E-state index contributed by atoms with van der Waals surface area (Å²) in [5.41, 5.74) is 2.22. The van der Waals surface area contributed by atoms with Gasteiger partial charge >= 0.3 is 5.78 Å². The lowest BCUT2D eigenvalue weighted by atomic mass is 9.82. The van der Waals surface area contributed by atoms with Crippen LogP contribution in [0.1, 0.15) is 67.4 Å². The standard InChI is InChI=1S/C26H28NO6/c1-14(2)4-9-18(16-10-11-27-13-16)21-23(30)26(32-3)24(31)22-19(29)12-20(33-25(21)22)15-5-7-17(28)8-6-15/h5-8,10-11,13-14,18,20,28H,4,9,12H2,1-3H3,(H2,29,30,31)/q-1/p+1. The molecule has 0 saturated heterocycles. The quantitative estimate of drug-likeness (QED) is 0.447. The molecule has 0 aliphatic carbocycles. The second-order valence-corrected chi connectivity index (χ2v) is 8.81. The Hall–Kier alpha value is -3.61. The van der Waals surface area contributed by atoms with E-state index >= 15 is 0 Å². The molecule has 2 heterocycles. The lowest BCUT2D eigenvalue weighted by Gasteiger charge is -2.30. The van der Waals surface area contributed by atoms with Crippen molar-refractivity contribution in [3.05, 3.63) is 65.0 Å². The molecule has 2 aromatic carbocycles. The van der Waals surface area contributed by atoms with Crippen LogP contribution in [0.3, 0.4) is 0 Å². The average molecular weight is 452 g/mol. The Balaban J connectivity index is 1.90. The van der Waals surface area contributed by atoms with Gasteiger partial charge in [0.05, 0.1) is 7.11 Å². The fourth-order valence-corrected chi connectivity index (χ4v) is 4.43. The Morgan fingerprint density at radius 3 is 2.42 bits per heavy atom. The van der Waals surface area contributed by atoms with Gasteiger partial charge in [0, 0.05) is 11.5 Å². The summed E-state index contributed by atoms with van der Waals surface area (Å²) in [5.74, 6) is -0.251. The van der Waals surface area contributed by atoms with Crippen LogP contribution in [-0.4, -0.2) is 33.0 Å².